The van der Waals surface area contributed by atoms with Gasteiger partial charge in [-0.3, -0.25) is 0 Å². The summed E-state index contributed by atoms with van der Waals surface area (Å²) in [5.74, 6) is 2.17. The summed E-state index contributed by atoms with van der Waals surface area (Å²) in [6.07, 6.45) is 8.86. The summed E-state index contributed by atoms with van der Waals surface area (Å²) >= 11 is 0. The molecule has 0 bridgehead atoms. The molecule has 0 spiro atoms. The first kappa shape index (κ1) is 8.10. The van der Waals surface area contributed by atoms with Gasteiger partial charge in [-0.25, -0.2) is 0 Å². The van der Waals surface area contributed by atoms with Gasteiger partial charge in [-0.05, 0) is 18.3 Å². The summed E-state index contributed by atoms with van der Waals surface area (Å²) in [5, 5.41) is 0. The van der Waals surface area contributed by atoms with Gasteiger partial charge in [-0.1, -0.05) is 46.0 Å². The Balaban J connectivity index is 2.15. The minimum Gasteiger partial charge on any atom is -0.0654 e. The van der Waals surface area contributed by atoms with E-state index in [1.54, 1.807) is 0 Å². The highest BCUT2D eigenvalue weighted by molar-refractivity contribution is 4.73. The fraction of sp³-hybridized carbons (Fsp3) is 1.00. The fourth-order valence-corrected chi connectivity index (χ4v) is 2.22. The second kappa shape index (κ2) is 4.00. The summed E-state index contributed by atoms with van der Waals surface area (Å²) < 4.78 is 0. The van der Waals surface area contributed by atoms with Gasteiger partial charge in [-0.15, -0.1) is 0 Å². The maximum Gasteiger partial charge on any atom is -0.0412 e. The number of hydrogen-bond donors (Lipinski definition) is 0. The lowest BCUT2D eigenvalue weighted by Gasteiger charge is -2.07. The molecule has 0 N–H and O–H groups in total. The average molecular weight is 140 g/mol. The van der Waals surface area contributed by atoms with E-state index in [0.717, 1.165) is 11.8 Å². The van der Waals surface area contributed by atoms with Crippen molar-refractivity contribution in [2.75, 3.05) is 0 Å². The predicted molar refractivity (Wildman–Crippen MR) is 46.0 cm³/mol. The first-order chi connectivity index (χ1) is 4.86. The SMILES string of the molecule is CCC[C@H]1CC[C@@H](CC)C1. The van der Waals surface area contributed by atoms with Crippen LogP contribution >= 0.6 is 0 Å². The Morgan fingerprint density at radius 1 is 1.10 bits per heavy atom. The lowest BCUT2D eigenvalue weighted by Crippen LogP contribution is -1.94. The van der Waals surface area contributed by atoms with Crippen molar-refractivity contribution < 1.29 is 0 Å². The Kier molecular flexibility index (Phi) is 3.24. The van der Waals surface area contributed by atoms with Crippen molar-refractivity contribution >= 4 is 0 Å². The van der Waals surface area contributed by atoms with E-state index in [0.29, 0.717) is 0 Å². The zero-order chi connectivity index (χ0) is 7.40. The molecule has 1 rings (SSSR count). The van der Waals surface area contributed by atoms with Crippen molar-refractivity contribution in [1.29, 1.82) is 0 Å². The van der Waals surface area contributed by atoms with Gasteiger partial charge in [0.05, 0.1) is 0 Å². The average Bonchev–Trinajstić information content (AvgIpc) is 2.37. The minimum atomic E-state index is 1.08. The quantitative estimate of drug-likeness (QED) is 0.561. The predicted octanol–water partition coefficient (Wildman–Crippen LogP) is 3.61. The maximum absolute atomic E-state index is 2.33. The van der Waals surface area contributed by atoms with Crippen LogP contribution in [0, 0.1) is 11.8 Å². The first-order valence-electron chi connectivity index (χ1n) is 4.86. The van der Waals surface area contributed by atoms with Crippen molar-refractivity contribution in [3.05, 3.63) is 0 Å². The monoisotopic (exact) mass is 140 g/mol. The smallest absolute Gasteiger partial charge is 0.0412 e. The molecule has 0 radical (unpaired) electrons. The van der Waals surface area contributed by atoms with E-state index >= 15 is 0 Å². The molecule has 0 unspecified atom stereocenters. The van der Waals surface area contributed by atoms with Gasteiger partial charge < -0.3 is 0 Å². The highest BCUT2D eigenvalue weighted by Gasteiger charge is 2.21. The minimum absolute atomic E-state index is 1.08. The molecule has 10 heavy (non-hydrogen) atoms. The molecule has 1 saturated carbocycles. The van der Waals surface area contributed by atoms with Crippen LogP contribution in [-0.4, -0.2) is 0 Å². The Labute approximate surface area is 65.0 Å². The zero-order valence-electron chi connectivity index (χ0n) is 7.40. The number of rotatable bonds is 3. The second-order valence-corrected chi connectivity index (χ2v) is 3.74. The standard InChI is InChI=1S/C10H20/c1-3-5-10-7-6-9(4-2)8-10/h9-10H,3-8H2,1-2H3/t9-,10+/m1/s1. The van der Waals surface area contributed by atoms with Gasteiger partial charge in [0.15, 0.2) is 0 Å². The molecule has 0 aliphatic heterocycles. The van der Waals surface area contributed by atoms with E-state index in [9.17, 15) is 0 Å². The molecule has 0 aromatic heterocycles. The highest BCUT2D eigenvalue weighted by atomic mass is 14.3. The molecule has 1 aliphatic carbocycles. The highest BCUT2D eigenvalue weighted by Crippen LogP contribution is 2.35. The second-order valence-electron chi connectivity index (χ2n) is 3.74. The van der Waals surface area contributed by atoms with E-state index in [4.69, 9.17) is 0 Å². The molecule has 1 fully saturated rings. The van der Waals surface area contributed by atoms with Gasteiger partial charge in [0.1, 0.15) is 0 Å². The normalized spacial score (nSPS) is 33.0. The van der Waals surface area contributed by atoms with Gasteiger partial charge in [0, 0.05) is 0 Å². The maximum atomic E-state index is 2.33. The summed E-state index contributed by atoms with van der Waals surface area (Å²) in [6.45, 7) is 4.64. The van der Waals surface area contributed by atoms with E-state index in [1.165, 1.54) is 38.5 Å². The lowest BCUT2D eigenvalue weighted by atomic mass is 9.99. The first-order valence-corrected chi connectivity index (χ1v) is 4.86. The number of hydrogen-bond acceptors (Lipinski definition) is 0. The van der Waals surface area contributed by atoms with Crippen LogP contribution < -0.4 is 0 Å². The molecule has 0 aromatic rings. The summed E-state index contributed by atoms with van der Waals surface area (Å²) in [4.78, 5) is 0. The zero-order valence-corrected chi connectivity index (χ0v) is 7.40. The third-order valence-corrected chi connectivity index (χ3v) is 2.92. The molecule has 0 nitrogen and oxygen atoms in total. The Hall–Kier alpha value is 0. The van der Waals surface area contributed by atoms with Crippen LogP contribution in [0.5, 0.6) is 0 Å². The van der Waals surface area contributed by atoms with Crippen molar-refractivity contribution in [2.24, 2.45) is 11.8 Å². The van der Waals surface area contributed by atoms with E-state index < -0.39 is 0 Å². The molecule has 60 valence electrons. The van der Waals surface area contributed by atoms with Gasteiger partial charge in [0.2, 0.25) is 0 Å². The van der Waals surface area contributed by atoms with Gasteiger partial charge in [-0.2, -0.15) is 0 Å². The summed E-state index contributed by atoms with van der Waals surface area (Å²) in [5.41, 5.74) is 0. The van der Waals surface area contributed by atoms with E-state index in [-0.39, 0.29) is 0 Å². The molecule has 0 aromatic carbocycles. The Bertz CT molecular complexity index is 86.0. The van der Waals surface area contributed by atoms with Crippen molar-refractivity contribution in [3.8, 4) is 0 Å². The topological polar surface area (TPSA) is 0 Å². The molecule has 0 saturated heterocycles. The van der Waals surface area contributed by atoms with Crippen LogP contribution in [0.25, 0.3) is 0 Å². The van der Waals surface area contributed by atoms with Crippen molar-refractivity contribution in [2.45, 2.75) is 52.4 Å². The van der Waals surface area contributed by atoms with Gasteiger partial charge in [0.25, 0.3) is 0 Å². The summed E-state index contributed by atoms with van der Waals surface area (Å²) in [7, 11) is 0. The molecular weight excluding hydrogens is 120 g/mol. The van der Waals surface area contributed by atoms with E-state index in [1.807, 2.05) is 0 Å². The molecule has 0 amide bonds. The van der Waals surface area contributed by atoms with Crippen LogP contribution in [-0.2, 0) is 0 Å². The van der Waals surface area contributed by atoms with Crippen LogP contribution in [0.3, 0.4) is 0 Å². The Morgan fingerprint density at radius 3 is 2.30 bits per heavy atom. The Morgan fingerprint density at radius 2 is 1.80 bits per heavy atom. The van der Waals surface area contributed by atoms with Crippen LogP contribution in [0.2, 0.25) is 0 Å². The molecule has 1 aliphatic rings. The molecule has 0 heteroatoms. The third-order valence-electron chi connectivity index (χ3n) is 2.92. The van der Waals surface area contributed by atoms with Crippen LogP contribution in [0.1, 0.15) is 52.4 Å². The van der Waals surface area contributed by atoms with Crippen molar-refractivity contribution in [3.63, 3.8) is 0 Å². The molecule has 2 atom stereocenters. The van der Waals surface area contributed by atoms with Crippen LogP contribution in [0.4, 0.5) is 0 Å². The van der Waals surface area contributed by atoms with Crippen LogP contribution in [0.15, 0.2) is 0 Å². The van der Waals surface area contributed by atoms with Gasteiger partial charge >= 0.3 is 0 Å². The van der Waals surface area contributed by atoms with E-state index in [2.05, 4.69) is 13.8 Å². The lowest BCUT2D eigenvalue weighted by molar-refractivity contribution is 0.453. The largest absolute Gasteiger partial charge is 0.0654 e. The third kappa shape index (κ3) is 2.00. The summed E-state index contributed by atoms with van der Waals surface area (Å²) in [6, 6.07) is 0. The molecular formula is C10H20. The fourth-order valence-electron chi connectivity index (χ4n) is 2.22. The van der Waals surface area contributed by atoms with Crippen molar-refractivity contribution in [1.82, 2.24) is 0 Å². The molecule has 0 heterocycles.